The highest BCUT2D eigenvalue weighted by Gasteiger charge is 2.67. The van der Waals surface area contributed by atoms with E-state index in [1.165, 1.54) is 0 Å². The molecule has 1 N–H and O–H groups in total. The molecule has 5 nitrogen and oxygen atoms in total. The van der Waals surface area contributed by atoms with Gasteiger partial charge in [-0.1, -0.05) is 79.9 Å². The van der Waals surface area contributed by atoms with E-state index in [2.05, 4.69) is 4.99 Å². The van der Waals surface area contributed by atoms with Gasteiger partial charge in [-0.3, -0.25) is 14.5 Å². The first-order chi connectivity index (χ1) is 16.3. The fourth-order valence-corrected chi connectivity index (χ4v) is 4.64. The molecule has 0 aromatic heterocycles. The molecule has 2 amide bonds. The van der Waals surface area contributed by atoms with Gasteiger partial charge in [0, 0.05) is 18.0 Å². The first-order valence-electron chi connectivity index (χ1n) is 11.7. The van der Waals surface area contributed by atoms with Gasteiger partial charge in [0.2, 0.25) is 5.91 Å². The Hall–Kier alpha value is -3.16. The summed E-state index contributed by atoms with van der Waals surface area (Å²) in [6, 6.07) is 17.9. The second kappa shape index (κ2) is 9.99. The number of benzene rings is 2. The van der Waals surface area contributed by atoms with Crippen molar-refractivity contribution in [1.29, 1.82) is 0 Å². The van der Waals surface area contributed by atoms with Gasteiger partial charge in [0.1, 0.15) is 5.84 Å². The smallest absolute Gasteiger partial charge is 0.316 e. The van der Waals surface area contributed by atoms with Crippen LogP contribution in [0.25, 0.3) is 0 Å². The number of carbonyl (C=O) groups is 2. The van der Waals surface area contributed by atoms with E-state index in [4.69, 9.17) is 0 Å². The summed E-state index contributed by atoms with van der Waals surface area (Å²) in [5, 5.41) is 2.05. The lowest BCUT2D eigenvalue weighted by atomic mass is 9.88. The van der Waals surface area contributed by atoms with Crippen LogP contribution < -0.4 is 5.32 Å². The Labute approximate surface area is 197 Å². The number of amidine groups is 1. The lowest BCUT2D eigenvalue weighted by molar-refractivity contribution is -0.200. The van der Waals surface area contributed by atoms with Crippen molar-refractivity contribution < 1.29 is 22.8 Å². The normalized spacial score (nSPS) is 21.4. The Kier molecular flexibility index (Phi) is 7.05. The summed E-state index contributed by atoms with van der Waals surface area (Å²) in [4.78, 5) is 31.2. The molecular formula is C26H28F3N3O2. The molecule has 0 spiro atoms. The molecule has 0 radical (unpaired) electrons. The van der Waals surface area contributed by atoms with Crippen LogP contribution in [0.3, 0.4) is 0 Å². The molecule has 4 rings (SSSR count). The first kappa shape index (κ1) is 24.0. The van der Waals surface area contributed by atoms with Crippen LogP contribution in [0.15, 0.2) is 65.7 Å². The number of nitrogens with zero attached hydrogens (tertiary/aromatic N) is 2. The molecule has 0 unspecified atom stereocenters. The largest absolute Gasteiger partial charge is 0.442 e. The summed E-state index contributed by atoms with van der Waals surface area (Å²) in [5.74, 6) is -2.62. The van der Waals surface area contributed by atoms with Gasteiger partial charge in [-0.2, -0.15) is 13.2 Å². The number of carbonyl (C=O) groups excluding carboxylic acids is 2. The number of halogens is 3. The average Bonchev–Trinajstić information content (AvgIpc) is 3.13. The maximum atomic E-state index is 14.5. The minimum atomic E-state index is -5.08. The highest BCUT2D eigenvalue weighted by molar-refractivity contribution is 6.16. The predicted octanol–water partition coefficient (Wildman–Crippen LogP) is 4.86. The molecule has 2 aromatic carbocycles. The average molecular weight is 472 g/mol. The molecule has 0 saturated heterocycles. The summed E-state index contributed by atoms with van der Waals surface area (Å²) in [6.07, 6.45) is -0.466. The van der Waals surface area contributed by atoms with Crippen molar-refractivity contribution in [3.05, 3.63) is 71.8 Å². The maximum Gasteiger partial charge on any atom is 0.442 e. The molecule has 1 aliphatic heterocycles. The number of rotatable bonds is 7. The first-order valence-corrected chi connectivity index (χ1v) is 11.7. The van der Waals surface area contributed by atoms with E-state index in [-0.39, 0.29) is 12.4 Å². The Balaban J connectivity index is 1.64. The van der Waals surface area contributed by atoms with E-state index in [1.54, 1.807) is 30.3 Å². The van der Waals surface area contributed by atoms with E-state index in [1.807, 2.05) is 35.6 Å². The maximum absolute atomic E-state index is 14.5. The molecule has 1 aliphatic carbocycles. The molecule has 1 fully saturated rings. The van der Waals surface area contributed by atoms with Gasteiger partial charge >= 0.3 is 11.8 Å². The van der Waals surface area contributed by atoms with Crippen LogP contribution in [0.5, 0.6) is 0 Å². The summed E-state index contributed by atoms with van der Waals surface area (Å²) >= 11 is 0. The summed E-state index contributed by atoms with van der Waals surface area (Å²) in [6.45, 7) is 0.0542. The third-order valence-corrected chi connectivity index (χ3v) is 6.50. The van der Waals surface area contributed by atoms with Gasteiger partial charge in [-0.15, -0.1) is 0 Å². The number of nitrogens with one attached hydrogen (secondary N) is 1. The summed E-state index contributed by atoms with van der Waals surface area (Å²) < 4.78 is 43.4. The Bertz CT molecular complexity index is 1030. The molecular weight excluding hydrogens is 443 g/mol. The zero-order chi connectivity index (χ0) is 24.2. The SMILES string of the molecule is O=C(N[C@]1(C(F)(F)F)N=C(c2ccccc2)N(CCCc2ccccc2)C1=O)C1CCCCC1. The Morgan fingerprint density at radius 3 is 2.24 bits per heavy atom. The lowest BCUT2D eigenvalue weighted by Gasteiger charge is -2.31. The van der Waals surface area contributed by atoms with Gasteiger partial charge in [-0.05, 0) is 31.2 Å². The van der Waals surface area contributed by atoms with Crippen molar-refractivity contribution in [3.63, 3.8) is 0 Å². The monoisotopic (exact) mass is 471 g/mol. The fraction of sp³-hybridized carbons (Fsp3) is 0.423. The zero-order valence-electron chi connectivity index (χ0n) is 18.9. The number of alkyl halides is 3. The van der Waals surface area contributed by atoms with E-state index in [0.717, 1.165) is 29.7 Å². The molecule has 2 aliphatic rings. The van der Waals surface area contributed by atoms with Gasteiger partial charge in [0.25, 0.3) is 5.91 Å². The number of aliphatic imine (C=N–C) groups is 1. The number of aryl methyl sites for hydroxylation is 1. The Morgan fingerprint density at radius 1 is 1.00 bits per heavy atom. The molecule has 180 valence electrons. The lowest BCUT2D eigenvalue weighted by Crippen LogP contribution is -2.64. The van der Waals surface area contributed by atoms with Crippen LogP contribution in [0.1, 0.15) is 49.7 Å². The summed E-state index contributed by atoms with van der Waals surface area (Å²) in [7, 11) is 0. The highest BCUT2D eigenvalue weighted by Crippen LogP contribution is 2.39. The van der Waals surface area contributed by atoms with Crippen LogP contribution in [0.4, 0.5) is 13.2 Å². The minimum absolute atomic E-state index is 0.0542. The number of amides is 2. The third kappa shape index (κ3) is 4.86. The van der Waals surface area contributed by atoms with E-state index < -0.39 is 29.6 Å². The van der Waals surface area contributed by atoms with Crippen molar-refractivity contribution in [2.24, 2.45) is 10.9 Å². The second-order valence-corrected chi connectivity index (χ2v) is 8.88. The topological polar surface area (TPSA) is 61.8 Å². The van der Waals surface area contributed by atoms with Crippen LogP contribution in [0.2, 0.25) is 0 Å². The van der Waals surface area contributed by atoms with Crippen LogP contribution in [-0.4, -0.2) is 40.9 Å². The molecule has 1 saturated carbocycles. The quantitative estimate of drug-likeness (QED) is 0.627. The van der Waals surface area contributed by atoms with Gasteiger partial charge in [0.05, 0.1) is 0 Å². The molecule has 1 heterocycles. The number of hydrogen-bond acceptors (Lipinski definition) is 3. The minimum Gasteiger partial charge on any atom is -0.316 e. The molecule has 8 heteroatoms. The fourth-order valence-electron chi connectivity index (χ4n) is 4.64. The summed E-state index contributed by atoms with van der Waals surface area (Å²) in [5.41, 5.74) is -1.88. The predicted molar refractivity (Wildman–Crippen MR) is 123 cm³/mol. The Morgan fingerprint density at radius 2 is 1.62 bits per heavy atom. The molecule has 1 atom stereocenters. The van der Waals surface area contributed by atoms with Crippen molar-refractivity contribution >= 4 is 17.6 Å². The zero-order valence-corrected chi connectivity index (χ0v) is 18.9. The van der Waals surface area contributed by atoms with Gasteiger partial charge in [0.15, 0.2) is 0 Å². The van der Waals surface area contributed by atoms with Crippen LogP contribution in [0, 0.1) is 5.92 Å². The van der Waals surface area contributed by atoms with Gasteiger partial charge in [-0.25, -0.2) is 4.99 Å². The van der Waals surface area contributed by atoms with E-state index >= 15 is 0 Å². The molecule has 34 heavy (non-hydrogen) atoms. The third-order valence-electron chi connectivity index (χ3n) is 6.50. The van der Waals surface area contributed by atoms with Crippen LogP contribution >= 0.6 is 0 Å². The molecule has 0 bridgehead atoms. The van der Waals surface area contributed by atoms with Crippen LogP contribution in [-0.2, 0) is 16.0 Å². The number of hydrogen-bond donors (Lipinski definition) is 1. The van der Waals surface area contributed by atoms with Crippen molar-refractivity contribution in [3.8, 4) is 0 Å². The second-order valence-electron chi connectivity index (χ2n) is 8.88. The van der Waals surface area contributed by atoms with Gasteiger partial charge < -0.3 is 5.32 Å². The van der Waals surface area contributed by atoms with E-state index in [9.17, 15) is 22.8 Å². The van der Waals surface area contributed by atoms with E-state index in [0.29, 0.717) is 31.2 Å². The standard InChI is InChI=1S/C26H28F3N3O2/c27-26(28,29)25(31-23(33)21-16-8-3-9-17-21)24(34)32(18-10-13-19-11-4-1-5-12-19)22(30-25)20-14-6-2-7-15-20/h1-2,4-7,11-12,14-15,21H,3,8-10,13,16-18H2,(H,31,33)/t25-/m1/s1. The van der Waals surface area contributed by atoms with Crippen molar-refractivity contribution in [1.82, 2.24) is 10.2 Å². The molecule has 2 aromatic rings. The van der Waals surface area contributed by atoms with Crippen molar-refractivity contribution in [2.45, 2.75) is 56.8 Å². The highest BCUT2D eigenvalue weighted by atomic mass is 19.4. The van der Waals surface area contributed by atoms with Crippen molar-refractivity contribution in [2.75, 3.05) is 6.54 Å².